The molecule has 0 aliphatic heterocycles. The minimum absolute atomic E-state index is 1.14. The fourth-order valence-corrected chi connectivity index (χ4v) is 19.6. The Balaban J connectivity index is 0.807. The van der Waals surface area contributed by atoms with Crippen LogP contribution < -0.4 is 9.13 Å². The smallest absolute Gasteiger partial charge is 0.240 e. The maximum Gasteiger partial charge on any atom is 0.243 e. The molecule has 0 spiro atoms. The van der Waals surface area contributed by atoms with Crippen LogP contribution in [0.4, 0.5) is 0 Å². The van der Waals surface area contributed by atoms with Crippen molar-refractivity contribution in [3.63, 3.8) is 0 Å². The average molecular weight is 1330 g/mol. The molecule has 0 unspecified atom stereocenters. The van der Waals surface area contributed by atoms with Crippen molar-refractivity contribution < 1.29 is 9.13 Å². The molecule has 2 heterocycles. The van der Waals surface area contributed by atoms with Crippen molar-refractivity contribution in [2.45, 2.75) is 297 Å². The quantitative estimate of drug-likeness (QED) is 0.0157. The molecule has 0 atom stereocenters. The maximum absolute atomic E-state index is 2.74. The van der Waals surface area contributed by atoms with E-state index in [1.165, 1.54) is 363 Å². The highest BCUT2D eigenvalue weighted by Crippen LogP contribution is 2.61. The standard InChI is InChI=1S/C96H120N4/c1-5-7-9-11-13-15-19-25-31-37-45-69-59-77-73-49-43-51-75-79-61-71(47-39-33-27-21-17-23-29-35-41-53-99-57-55-97(3)67-99)65-83-84-66-72(48-40-34-28-22-18-24-30-36-42-54-100-58-56-98(4)68-100)62-80-76-52-44-50-74-78-60-70(46-38-32-26-20-16-14-12-10-8-6-2)64-82-81(63-69)87(77)93-91(85(73)75)95(89(79)83)96(90(80)84)92(86(74)76)94(93)88(78)82/h43-44,49-52,55-68H,5-42,45-48,53-54H2,1-4H3/q+2. The number of aromatic nitrogens is 4. The summed E-state index contributed by atoms with van der Waals surface area (Å²) in [7, 11) is 4.24. The number of imidazole rings is 2. The number of nitrogens with zero attached hydrogens (tertiary/aromatic N) is 4. The molecule has 15 rings (SSSR count). The molecule has 0 saturated carbocycles. The van der Waals surface area contributed by atoms with Crippen LogP contribution in [0.5, 0.6) is 0 Å². The third-order valence-corrected chi connectivity index (χ3v) is 24.7. The van der Waals surface area contributed by atoms with Crippen LogP contribution in [-0.4, -0.2) is 9.13 Å². The second-order valence-electron chi connectivity index (χ2n) is 32.3. The number of hydrogen-bond acceptors (Lipinski definition) is 0. The molecule has 522 valence electrons. The predicted octanol–water partition coefficient (Wildman–Crippen LogP) is 27.8. The molecule has 0 N–H and O–H groups in total. The fourth-order valence-electron chi connectivity index (χ4n) is 19.6. The van der Waals surface area contributed by atoms with Crippen LogP contribution in [-0.2, 0) is 52.9 Å². The number of hydrogen-bond donors (Lipinski definition) is 0. The summed E-state index contributed by atoms with van der Waals surface area (Å²) in [5.41, 5.74) is 6.15. The first-order chi connectivity index (χ1) is 49.4. The van der Waals surface area contributed by atoms with Crippen LogP contribution in [0, 0.1) is 0 Å². The van der Waals surface area contributed by atoms with Gasteiger partial charge in [-0.1, -0.05) is 291 Å². The highest BCUT2D eigenvalue weighted by Gasteiger charge is 2.32. The van der Waals surface area contributed by atoms with Crippen LogP contribution in [0.3, 0.4) is 0 Å². The lowest BCUT2D eigenvalue weighted by molar-refractivity contribution is -0.671. The number of benzene rings is 13. The summed E-state index contributed by atoms with van der Waals surface area (Å²) in [4.78, 5) is 0. The van der Waals surface area contributed by atoms with E-state index in [1.54, 1.807) is 32.3 Å². The van der Waals surface area contributed by atoms with Gasteiger partial charge in [-0.05, 0) is 229 Å². The van der Waals surface area contributed by atoms with E-state index in [4.69, 9.17) is 0 Å². The molecule has 0 amide bonds. The van der Waals surface area contributed by atoms with Gasteiger partial charge in [-0.2, -0.15) is 0 Å². The summed E-state index contributed by atoms with van der Waals surface area (Å²) < 4.78 is 8.97. The lowest BCUT2D eigenvalue weighted by atomic mass is 9.72. The Morgan fingerprint density at radius 2 is 0.430 bits per heavy atom. The van der Waals surface area contributed by atoms with Crippen molar-refractivity contribution in [2.24, 2.45) is 14.1 Å². The topological polar surface area (TPSA) is 17.6 Å². The summed E-state index contributed by atoms with van der Waals surface area (Å²) in [6, 6.07) is 36.9. The maximum atomic E-state index is 2.74. The Kier molecular flexibility index (Phi) is 22.3. The van der Waals surface area contributed by atoms with Gasteiger partial charge < -0.3 is 0 Å². The van der Waals surface area contributed by atoms with Crippen molar-refractivity contribution in [3.05, 3.63) is 145 Å². The molecule has 2 aromatic heterocycles. The zero-order chi connectivity index (χ0) is 67.7. The number of rotatable bonds is 46. The zero-order valence-corrected chi connectivity index (χ0v) is 62.4. The van der Waals surface area contributed by atoms with Crippen molar-refractivity contribution in [1.82, 2.24) is 9.13 Å². The fraction of sp³-hybridized carbons (Fsp3) is 0.500. The molecule has 4 nitrogen and oxygen atoms in total. The monoisotopic (exact) mass is 1330 g/mol. The molecule has 0 saturated heterocycles. The first-order valence-corrected chi connectivity index (χ1v) is 41.7. The van der Waals surface area contributed by atoms with Crippen LogP contribution in [0.15, 0.2) is 122 Å². The van der Waals surface area contributed by atoms with Gasteiger partial charge in [0.25, 0.3) is 0 Å². The first kappa shape index (κ1) is 68.7. The number of aryl methyl sites for hydroxylation is 8. The second kappa shape index (κ2) is 32.5. The van der Waals surface area contributed by atoms with Crippen LogP contribution in [0.1, 0.15) is 280 Å². The molecule has 13 aromatic carbocycles. The SMILES string of the molecule is CCCCCCCCCCCCc1cc2c3cccc4c5cc(CCCCCCCCCCCn6cc[n+](C)c6)cc6c7cc(CCCCCCCCCCCn8cc[n+](C)c8)cc8c9cccc%10c%11cc(CCCCCCCCCCCC)cc%12c(c1)c2c1c(c34)c(c56)c(c87)c(c%109)c1c%11%12. The van der Waals surface area contributed by atoms with Gasteiger partial charge in [0.15, 0.2) is 0 Å². The van der Waals surface area contributed by atoms with Crippen molar-refractivity contribution in [2.75, 3.05) is 0 Å². The van der Waals surface area contributed by atoms with E-state index in [2.05, 4.69) is 169 Å². The molecule has 0 radical (unpaired) electrons. The van der Waals surface area contributed by atoms with E-state index in [-0.39, 0.29) is 0 Å². The van der Waals surface area contributed by atoms with Gasteiger partial charge in [0.1, 0.15) is 24.8 Å². The molecule has 4 heteroatoms. The molecule has 0 fully saturated rings. The number of unbranched alkanes of at least 4 members (excludes halogenated alkanes) is 34. The second-order valence-corrected chi connectivity index (χ2v) is 32.3. The minimum atomic E-state index is 1.14. The van der Waals surface area contributed by atoms with E-state index in [0.29, 0.717) is 0 Å². The Labute approximate surface area is 599 Å². The molecular weight excluding hydrogens is 1210 g/mol. The van der Waals surface area contributed by atoms with Crippen molar-refractivity contribution >= 4 is 129 Å². The Bertz CT molecular complexity index is 4730. The normalized spacial score (nSPS) is 12.8. The van der Waals surface area contributed by atoms with E-state index in [9.17, 15) is 0 Å². The van der Waals surface area contributed by atoms with Crippen LogP contribution in [0.2, 0.25) is 0 Å². The first-order valence-electron chi connectivity index (χ1n) is 41.7. The third-order valence-electron chi connectivity index (χ3n) is 24.7. The summed E-state index contributed by atoms with van der Waals surface area (Å²) in [6.07, 6.45) is 69.1. The molecule has 100 heavy (non-hydrogen) atoms. The van der Waals surface area contributed by atoms with E-state index >= 15 is 0 Å². The minimum Gasteiger partial charge on any atom is -0.240 e. The van der Waals surface area contributed by atoms with Crippen LogP contribution >= 0.6 is 0 Å². The highest BCUT2D eigenvalue weighted by molar-refractivity contribution is 6.61. The van der Waals surface area contributed by atoms with Gasteiger partial charge in [0.05, 0.1) is 27.2 Å². The summed E-state index contributed by atoms with van der Waals surface area (Å²) in [6.45, 7) is 6.95. The van der Waals surface area contributed by atoms with Gasteiger partial charge in [-0.25, -0.2) is 18.3 Å². The largest absolute Gasteiger partial charge is 0.243 e. The lowest BCUT2D eigenvalue weighted by Gasteiger charge is -2.30. The third kappa shape index (κ3) is 14.3. The van der Waals surface area contributed by atoms with Crippen LogP contribution in [0.25, 0.3) is 129 Å². The van der Waals surface area contributed by atoms with Gasteiger partial charge in [-0.15, -0.1) is 0 Å². The molecule has 0 aliphatic carbocycles. The average Bonchev–Trinajstić information content (AvgIpc) is 0.659. The Hall–Kier alpha value is -7.04. The molecular formula is C96H120N4+2. The summed E-state index contributed by atoms with van der Waals surface area (Å²) in [5, 5.41) is 36.4. The van der Waals surface area contributed by atoms with Crippen molar-refractivity contribution in [1.29, 1.82) is 0 Å². The van der Waals surface area contributed by atoms with E-state index in [1.807, 2.05) is 0 Å². The van der Waals surface area contributed by atoms with Gasteiger partial charge >= 0.3 is 0 Å². The zero-order valence-electron chi connectivity index (χ0n) is 62.4. The Morgan fingerprint density at radius 3 is 0.650 bits per heavy atom. The number of fused-ring (bicyclic) bond motifs is 6. The lowest BCUT2D eigenvalue weighted by Crippen LogP contribution is -2.23. The molecule has 0 aliphatic rings. The highest BCUT2D eigenvalue weighted by atomic mass is 15.1. The van der Waals surface area contributed by atoms with E-state index in [0.717, 1.165) is 38.8 Å². The molecule has 15 aromatic rings. The van der Waals surface area contributed by atoms with Crippen molar-refractivity contribution in [3.8, 4) is 0 Å². The van der Waals surface area contributed by atoms with E-state index < -0.39 is 0 Å². The van der Waals surface area contributed by atoms with Gasteiger partial charge in [0.2, 0.25) is 12.7 Å². The Morgan fingerprint density at radius 1 is 0.230 bits per heavy atom. The predicted molar refractivity (Wildman–Crippen MR) is 436 cm³/mol. The molecule has 0 bridgehead atoms. The van der Waals surface area contributed by atoms with Gasteiger partial charge in [0, 0.05) is 0 Å². The summed E-state index contributed by atoms with van der Waals surface area (Å²) >= 11 is 0. The summed E-state index contributed by atoms with van der Waals surface area (Å²) in [5.74, 6) is 0. The van der Waals surface area contributed by atoms with Gasteiger partial charge in [-0.3, -0.25) is 0 Å².